The summed E-state index contributed by atoms with van der Waals surface area (Å²) in [4.78, 5) is 12.2. The Kier molecular flexibility index (Phi) is 4.59. The third-order valence-electron chi connectivity index (χ3n) is 3.35. The summed E-state index contributed by atoms with van der Waals surface area (Å²) in [6, 6.07) is 10.1. The van der Waals surface area contributed by atoms with E-state index >= 15 is 0 Å². The molecule has 4 nitrogen and oxygen atoms in total. The molecular weight excluding hydrogens is 230 g/mol. The van der Waals surface area contributed by atoms with Crippen LogP contribution in [0.4, 0.5) is 4.79 Å². The van der Waals surface area contributed by atoms with E-state index in [-0.39, 0.29) is 0 Å². The lowest BCUT2D eigenvalue weighted by Crippen LogP contribution is -2.38. The van der Waals surface area contributed by atoms with Gasteiger partial charge in [0, 0.05) is 19.7 Å². The Hall–Kier alpha value is -1.55. The van der Waals surface area contributed by atoms with Crippen LogP contribution in [0.3, 0.4) is 0 Å². The zero-order valence-corrected chi connectivity index (χ0v) is 10.4. The molecule has 0 bridgehead atoms. The van der Waals surface area contributed by atoms with Gasteiger partial charge in [0.05, 0.1) is 6.61 Å². The second kappa shape index (κ2) is 6.40. The quantitative estimate of drug-likeness (QED) is 0.892. The molecule has 1 aromatic rings. The van der Waals surface area contributed by atoms with Crippen molar-refractivity contribution in [2.75, 3.05) is 19.7 Å². The summed E-state index contributed by atoms with van der Waals surface area (Å²) in [6.07, 6.45) is 1.00. The van der Waals surface area contributed by atoms with Gasteiger partial charge in [0.15, 0.2) is 0 Å². The van der Waals surface area contributed by atoms with Crippen LogP contribution in [0.25, 0.3) is 0 Å². The van der Waals surface area contributed by atoms with E-state index < -0.39 is 6.09 Å². The van der Waals surface area contributed by atoms with Gasteiger partial charge in [0.25, 0.3) is 0 Å². The summed E-state index contributed by atoms with van der Waals surface area (Å²) < 4.78 is 5.69. The summed E-state index contributed by atoms with van der Waals surface area (Å²) in [5.41, 5.74) is 1.18. The minimum atomic E-state index is -0.807. The molecular formula is C14H19NO3. The number of amides is 1. The molecule has 18 heavy (non-hydrogen) atoms. The molecule has 0 atom stereocenters. The monoisotopic (exact) mass is 249 g/mol. The fourth-order valence-electron chi connectivity index (χ4n) is 2.21. The number of likely N-dealkylation sites (tertiary alicyclic amines) is 1. The van der Waals surface area contributed by atoms with Crippen molar-refractivity contribution in [2.24, 2.45) is 5.92 Å². The number of hydrogen-bond donors (Lipinski definition) is 1. The van der Waals surface area contributed by atoms with Crippen molar-refractivity contribution in [2.45, 2.75) is 19.4 Å². The second-order valence-electron chi connectivity index (χ2n) is 4.71. The Morgan fingerprint density at radius 2 is 1.94 bits per heavy atom. The van der Waals surface area contributed by atoms with E-state index in [0.29, 0.717) is 25.6 Å². The zero-order valence-electron chi connectivity index (χ0n) is 10.4. The Bertz CT molecular complexity index is 372. The fourth-order valence-corrected chi connectivity index (χ4v) is 2.21. The molecule has 1 N–H and O–H groups in total. The van der Waals surface area contributed by atoms with Crippen LogP contribution in [-0.4, -0.2) is 35.8 Å². The van der Waals surface area contributed by atoms with Crippen LogP contribution < -0.4 is 0 Å². The van der Waals surface area contributed by atoms with Gasteiger partial charge in [-0.1, -0.05) is 30.3 Å². The molecule has 1 aliphatic heterocycles. The summed E-state index contributed by atoms with van der Waals surface area (Å²) in [7, 11) is 0. The minimum Gasteiger partial charge on any atom is -0.465 e. The molecule has 0 spiro atoms. The van der Waals surface area contributed by atoms with Gasteiger partial charge in [-0.15, -0.1) is 0 Å². The third kappa shape index (κ3) is 3.74. The van der Waals surface area contributed by atoms with Crippen molar-refractivity contribution in [3.8, 4) is 0 Å². The number of piperidine rings is 1. The van der Waals surface area contributed by atoms with Crippen molar-refractivity contribution in [1.29, 1.82) is 0 Å². The van der Waals surface area contributed by atoms with Crippen molar-refractivity contribution < 1.29 is 14.6 Å². The SMILES string of the molecule is O=C(O)N1CCC(COCc2ccccc2)CC1. The predicted molar refractivity (Wildman–Crippen MR) is 68.4 cm³/mol. The van der Waals surface area contributed by atoms with E-state index in [2.05, 4.69) is 0 Å². The molecule has 1 amide bonds. The lowest BCUT2D eigenvalue weighted by Gasteiger charge is -2.29. The smallest absolute Gasteiger partial charge is 0.407 e. The molecule has 2 rings (SSSR count). The maximum absolute atomic E-state index is 10.8. The molecule has 98 valence electrons. The maximum atomic E-state index is 10.8. The second-order valence-corrected chi connectivity index (χ2v) is 4.71. The summed E-state index contributed by atoms with van der Waals surface area (Å²) in [5.74, 6) is 0.490. The van der Waals surface area contributed by atoms with Gasteiger partial charge in [-0.25, -0.2) is 4.79 Å². The first-order chi connectivity index (χ1) is 8.75. The number of carboxylic acid groups (broad SMARTS) is 1. The van der Waals surface area contributed by atoms with Gasteiger partial charge in [0.1, 0.15) is 0 Å². The van der Waals surface area contributed by atoms with Gasteiger partial charge >= 0.3 is 6.09 Å². The molecule has 0 aromatic heterocycles. The normalized spacial score (nSPS) is 16.8. The molecule has 1 heterocycles. The summed E-state index contributed by atoms with van der Waals surface area (Å²) in [5, 5.41) is 8.84. The molecule has 4 heteroatoms. The molecule has 0 aliphatic carbocycles. The average molecular weight is 249 g/mol. The number of nitrogens with zero attached hydrogens (tertiary/aromatic N) is 1. The highest BCUT2D eigenvalue weighted by Gasteiger charge is 2.22. The van der Waals surface area contributed by atoms with Crippen LogP contribution in [0.2, 0.25) is 0 Å². The van der Waals surface area contributed by atoms with E-state index in [1.165, 1.54) is 10.5 Å². The van der Waals surface area contributed by atoms with Crippen LogP contribution in [0.5, 0.6) is 0 Å². The zero-order chi connectivity index (χ0) is 12.8. The van der Waals surface area contributed by atoms with E-state index in [1.54, 1.807) is 0 Å². The van der Waals surface area contributed by atoms with Gasteiger partial charge in [-0.05, 0) is 24.3 Å². The number of hydrogen-bond acceptors (Lipinski definition) is 2. The van der Waals surface area contributed by atoms with E-state index in [1.807, 2.05) is 30.3 Å². The van der Waals surface area contributed by atoms with E-state index in [4.69, 9.17) is 9.84 Å². The first-order valence-electron chi connectivity index (χ1n) is 6.35. The van der Waals surface area contributed by atoms with Crippen LogP contribution in [-0.2, 0) is 11.3 Å². The van der Waals surface area contributed by atoms with Crippen LogP contribution in [0.1, 0.15) is 18.4 Å². The Morgan fingerprint density at radius 3 is 2.56 bits per heavy atom. The maximum Gasteiger partial charge on any atom is 0.407 e. The van der Waals surface area contributed by atoms with Crippen molar-refractivity contribution in [1.82, 2.24) is 4.90 Å². The van der Waals surface area contributed by atoms with Crippen molar-refractivity contribution in [3.05, 3.63) is 35.9 Å². The summed E-state index contributed by atoms with van der Waals surface area (Å²) in [6.45, 7) is 2.63. The molecule has 1 fully saturated rings. The van der Waals surface area contributed by atoms with Gasteiger partial charge in [-0.2, -0.15) is 0 Å². The number of rotatable bonds is 4. The van der Waals surface area contributed by atoms with Crippen molar-refractivity contribution in [3.63, 3.8) is 0 Å². The Morgan fingerprint density at radius 1 is 1.28 bits per heavy atom. The third-order valence-corrected chi connectivity index (χ3v) is 3.35. The molecule has 1 aliphatic rings. The molecule has 1 saturated heterocycles. The lowest BCUT2D eigenvalue weighted by molar-refractivity contribution is 0.0569. The summed E-state index contributed by atoms with van der Waals surface area (Å²) >= 11 is 0. The Balaban J connectivity index is 1.65. The van der Waals surface area contributed by atoms with Crippen LogP contribution in [0, 0.1) is 5.92 Å². The molecule has 1 aromatic carbocycles. The van der Waals surface area contributed by atoms with E-state index in [9.17, 15) is 4.79 Å². The van der Waals surface area contributed by atoms with Gasteiger partial charge in [-0.3, -0.25) is 0 Å². The largest absolute Gasteiger partial charge is 0.465 e. The first-order valence-corrected chi connectivity index (χ1v) is 6.35. The number of ether oxygens (including phenoxy) is 1. The predicted octanol–water partition coefficient (Wildman–Crippen LogP) is 2.59. The van der Waals surface area contributed by atoms with Crippen molar-refractivity contribution >= 4 is 6.09 Å². The molecule has 0 saturated carbocycles. The number of carbonyl (C=O) groups is 1. The highest BCUT2D eigenvalue weighted by atomic mass is 16.5. The van der Waals surface area contributed by atoms with Gasteiger partial charge < -0.3 is 14.7 Å². The van der Waals surface area contributed by atoms with Crippen LogP contribution >= 0.6 is 0 Å². The average Bonchev–Trinajstić information content (AvgIpc) is 2.40. The Labute approximate surface area is 107 Å². The highest BCUT2D eigenvalue weighted by molar-refractivity contribution is 5.64. The molecule has 0 unspecified atom stereocenters. The van der Waals surface area contributed by atoms with Crippen LogP contribution in [0.15, 0.2) is 30.3 Å². The molecule has 0 radical (unpaired) electrons. The minimum absolute atomic E-state index is 0.490. The number of benzene rings is 1. The fraction of sp³-hybridized carbons (Fsp3) is 0.500. The van der Waals surface area contributed by atoms with Gasteiger partial charge in [0.2, 0.25) is 0 Å². The van der Waals surface area contributed by atoms with E-state index in [0.717, 1.165) is 19.4 Å². The standard InChI is InChI=1S/C14H19NO3/c16-14(17)15-8-6-13(7-9-15)11-18-10-12-4-2-1-3-5-12/h1-5,13H,6-11H2,(H,16,17). The highest BCUT2D eigenvalue weighted by Crippen LogP contribution is 2.18. The lowest BCUT2D eigenvalue weighted by atomic mass is 9.98. The first kappa shape index (κ1) is 12.9. The topological polar surface area (TPSA) is 49.8 Å².